The molecule has 0 aliphatic rings. The van der Waals surface area contributed by atoms with Gasteiger partial charge in [-0.2, -0.15) is 0 Å². The summed E-state index contributed by atoms with van der Waals surface area (Å²) in [5.74, 6) is 0. The molecular formula is C14H23ClNO4P. The maximum atomic E-state index is 12.4. The van der Waals surface area contributed by atoms with Gasteiger partial charge in [-0.25, -0.2) is 5.48 Å². The Labute approximate surface area is 131 Å². The standard InChI is InChI=1S/C14H23ClNO4P/c1-3-19-21(17,20-4-2)14(15)10-11-16-18-12-13-8-6-5-7-9-13/h5-9,14,16H,3-4,10-12H2,1-2H3. The van der Waals surface area contributed by atoms with Crippen LogP contribution >= 0.6 is 19.2 Å². The van der Waals surface area contributed by atoms with E-state index in [1.54, 1.807) is 13.8 Å². The van der Waals surface area contributed by atoms with Crippen molar-refractivity contribution in [1.29, 1.82) is 0 Å². The van der Waals surface area contributed by atoms with Crippen LogP contribution in [0.2, 0.25) is 0 Å². The van der Waals surface area contributed by atoms with Crippen molar-refractivity contribution in [3.05, 3.63) is 35.9 Å². The van der Waals surface area contributed by atoms with E-state index in [1.165, 1.54) is 0 Å². The lowest BCUT2D eigenvalue weighted by molar-refractivity contribution is 0.0278. The highest BCUT2D eigenvalue weighted by molar-refractivity contribution is 7.56. The number of hydrogen-bond donors (Lipinski definition) is 1. The number of hydrogen-bond acceptors (Lipinski definition) is 5. The monoisotopic (exact) mass is 335 g/mol. The van der Waals surface area contributed by atoms with E-state index in [0.29, 0.717) is 32.8 Å². The fourth-order valence-corrected chi connectivity index (χ4v) is 3.69. The molecule has 1 rings (SSSR count). The van der Waals surface area contributed by atoms with Gasteiger partial charge in [0.15, 0.2) is 0 Å². The first-order chi connectivity index (χ1) is 10.1. The molecule has 120 valence electrons. The number of halogens is 1. The largest absolute Gasteiger partial charge is 0.348 e. The molecule has 0 aliphatic heterocycles. The predicted octanol–water partition coefficient (Wildman–Crippen LogP) is 3.93. The molecule has 0 aromatic heterocycles. The lowest BCUT2D eigenvalue weighted by Crippen LogP contribution is -2.20. The maximum Gasteiger partial charge on any atom is 0.348 e. The summed E-state index contributed by atoms with van der Waals surface area (Å²) in [5, 5.41) is -0.690. The molecule has 0 spiro atoms. The van der Waals surface area contributed by atoms with Gasteiger partial charge in [-0.05, 0) is 25.8 Å². The minimum absolute atomic E-state index is 0.304. The van der Waals surface area contributed by atoms with Gasteiger partial charge in [0, 0.05) is 6.54 Å². The van der Waals surface area contributed by atoms with Crippen molar-refractivity contribution in [2.75, 3.05) is 19.8 Å². The highest BCUT2D eigenvalue weighted by Gasteiger charge is 2.33. The van der Waals surface area contributed by atoms with Crippen LogP contribution in [0.25, 0.3) is 0 Å². The van der Waals surface area contributed by atoms with Gasteiger partial charge in [-0.15, -0.1) is 11.6 Å². The molecule has 0 heterocycles. The van der Waals surface area contributed by atoms with Crippen LogP contribution in [-0.2, 0) is 25.1 Å². The van der Waals surface area contributed by atoms with Gasteiger partial charge in [-0.1, -0.05) is 30.3 Å². The van der Waals surface area contributed by atoms with E-state index in [2.05, 4.69) is 5.48 Å². The van der Waals surface area contributed by atoms with E-state index in [-0.39, 0.29) is 0 Å². The molecule has 0 saturated heterocycles. The topological polar surface area (TPSA) is 56.8 Å². The molecule has 1 aromatic carbocycles. The minimum atomic E-state index is -3.25. The van der Waals surface area contributed by atoms with Crippen molar-refractivity contribution in [3.63, 3.8) is 0 Å². The molecule has 21 heavy (non-hydrogen) atoms. The summed E-state index contributed by atoms with van der Waals surface area (Å²) >= 11 is 6.13. The fraction of sp³-hybridized carbons (Fsp3) is 0.571. The summed E-state index contributed by atoms with van der Waals surface area (Å²) in [5.41, 5.74) is 3.88. The van der Waals surface area contributed by atoms with Gasteiger partial charge in [0.05, 0.1) is 19.8 Å². The van der Waals surface area contributed by atoms with Crippen LogP contribution in [0.1, 0.15) is 25.8 Å². The third-order valence-corrected chi connectivity index (χ3v) is 5.75. The third kappa shape index (κ3) is 6.92. The second kappa shape index (κ2) is 10.3. The molecular weight excluding hydrogens is 313 g/mol. The summed E-state index contributed by atoms with van der Waals surface area (Å²) in [6.07, 6.45) is 0.424. The second-order valence-electron chi connectivity index (χ2n) is 4.27. The number of nitrogens with one attached hydrogen (secondary N) is 1. The minimum Gasteiger partial charge on any atom is -0.308 e. The van der Waals surface area contributed by atoms with Crippen molar-refractivity contribution in [3.8, 4) is 0 Å². The molecule has 7 heteroatoms. The van der Waals surface area contributed by atoms with E-state index in [1.807, 2.05) is 30.3 Å². The first kappa shape index (κ1) is 18.6. The molecule has 0 radical (unpaired) electrons. The van der Waals surface area contributed by atoms with E-state index in [9.17, 15) is 4.57 Å². The number of alkyl halides is 1. The first-order valence-electron chi connectivity index (χ1n) is 7.03. The van der Waals surface area contributed by atoms with Crippen molar-refractivity contribution in [2.45, 2.75) is 32.0 Å². The number of rotatable bonds is 11. The van der Waals surface area contributed by atoms with Crippen LogP contribution in [-0.4, -0.2) is 24.9 Å². The molecule has 5 nitrogen and oxygen atoms in total. The molecule has 0 amide bonds. The van der Waals surface area contributed by atoms with Crippen LogP contribution in [0.5, 0.6) is 0 Å². The van der Waals surface area contributed by atoms with Gasteiger partial charge in [0.25, 0.3) is 0 Å². The van der Waals surface area contributed by atoms with Crippen LogP contribution in [0, 0.1) is 0 Å². The Hall–Kier alpha value is -0.420. The quantitative estimate of drug-likeness (QED) is 0.287. The highest BCUT2D eigenvalue weighted by Crippen LogP contribution is 2.55. The van der Waals surface area contributed by atoms with Crippen molar-refractivity contribution in [1.82, 2.24) is 5.48 Å². The Morgan fingerprint density at radius 3 is 2.38 bits per heavy atom. The van der Waals surface area contributed by atoms with Crippen LogP contribution in [0.3, 0.4) is 0 Å². The summed E-state index contributed by atoms with van der Waals surface area (Å²) in [6.45, 7) is 5.05. The number of hydroxylamine groups is 1. The average molecular weight is 336 g/mol. The Balaban J connectivity index is 2.25. The lowest BCUT2D eigenvalue weighted by Gasteiger charge is -2.21. The van der Waals surface area contributed by atoms with Crippen molar-refractivity contribution in [2.24, 2.45) is 0 Å². The summed E-state index contributed by atoms with van der Waals surface area (Å²) in [6, 6.07) is 9.81. The molecule has 1 N–H and O–H groups in total. The lowest BCUT2D eigenvalue weighted by atomic mass is 10.2. The van der Waals surface area contributed by atoms with E-state index in [0.717, 1.165) is 5.56 Å². The zero-order valence-electron chi connectivity index (χ0n) is 12.5. The zero-order valence-corrected chi connectivity index (χ0v) is 14.1. The Kier molecular flexibility index (Phi) is 9.16. The summed E-state index contributed by atoms with van der Waals surface area (Å²) in [7, 11) is -3.25. The fourth-order valence-electron chi connectivity index (χ4n) is 1.68. The maximum absolute atomic E-state index is 12.4. The molecule has 0 aliphatic carbocycles. The first-order valence-corrected chi connectivity index (χ1v) is 9.08. The van der Waals surface area contributed by atoms with Gasteiger partial charge in [0.2, 0.25) is 0 Å². The van der Waals surface area contributed by atoms with E-state index in [4.69, 9.17) is 25.5 Å². The highest BCUT2D eigenvalue weighted by atomic mass is 35.5. The van der Waals surface area contributed by atoms with Gasteiger partial charge in [0.1, 0.15) is 5.12 Å². The summed E-state index contributed by atoms with van der Waals surface area (Å²) in [4.78, 5) is 5.32. The van der Waals surface area contributed by atoms with Crippen LogP contribution in [0.4, 0.5) is 0 Å². The molecule has 1 unspecified atom stereocenters. The normalized spacial score (nSPS) is 13.3. The van der Waals surface area contributed by atoms with E-state index < -0.39 is 12.7 Å². The number of benzene rings is 1. The SMILES string of the molecule is CCOP(=O)(OCC)C(Cl)CCNOCc1ccccc1. The molecule has 0 saturated carbocycles. The second-order valence-corrected chi connectivity index (χ2v) is 7.32. The molecule has 0 bridgehead atoms. The molecule has 1 atom stereocenters. The Morgan fingerprint density at radius 1 is 1.19 bits per heavy atom. The Morgan fingerprint density at radius 2 is 1.81 bits per heavy atom. The summed E-state index contributed by atoms with van der Waals surface area (Å²) < 4.78 is 22.7. The van der Waals surface area contributed by atoms with Gasteiger partial charge >= 0.3 is 7.60 Å². The molecule has 0 fully saturated rings. The van der Waals surface area contributed by atoms with Crippen molar-refractivity contribution < 1.29 is 18.5 Å². The zero-order chi connectivity index (χ0) is 15.6. The third-order valence-electron chi connectivity index (χ3n) is 2.63. The van der Waals surface area contributed by atoms with Crippen LogP contribution in [0.15, 0.2) is 30.3 Å². The van der Waals surface area contributed by atoms with Crippen molar-refractivity contribution >= 4 is 19.2 Å². The van der Waals surface area contributed by atoms with E-state index >= 15 is 0 Å². The van der Waals surface area contributed by atoms with Gasteiger partial charge < -0.3 is 9.05 Å². The Bertz CT molecular complexity index is 422. The molecule has 1 aromatic rings. The van der Waals surface area contributed by atoms with Gasteiger partial charge in [-0.3, -0.25) is 9.40 Å². The smallest absolute Gasteiger partial charge is 0.308 e. The average Bonchev–Trinajstić information content (AvgIpc) is 2.48. The van der Waals surface area contributed by atoms with Crippen LogP contribution < -0.4 is 5.48 Å². The predicted molar refractivity (Wildman–Crippen MR) is 84.4 cm³/mol.